The molecule has 0 spiro atoms. The molecule has 2 heterocycles. The SMILES string of the molecule is O[C@@H]1C[C@@H](c2nc(C3CC3)no2)N(Cc2ccccc2)C1. The summed E-state index contributed by atoms with van der Waals surface area (Å²) in [6.07, 6.45) is 2.68. The molecular weight excluding hydrogens is 266 g/mol. The number of aliphatic hydroxyl groups is 1. The first-order valence-corrected chi connectivity index (χ1v) is 7.59. The second-order valence-electron chi connectivity index (χ2n) is 6.09. The third-order valence-electron chi connectivity index (χ3n) is 4.29. The van der Waals surface area contributed by atoms with Gasteiger partial charge in [0.1, 0.15) is 0 Å². The van der Waals surface area contributed by atoms with Crippen molar-refractivity contribution in [2.24, 2.45) is 0 Å². The van der Waals surface area contributed by atoms with E-state index in [1.165, 1.54) is 18.4 Å². The van der Waals surface area contributed by atoms with Crippen molar-refractivity contribution in [1.82, 2.24) is 15.0 Å². The Morgan fingerprint density at radius 1 is 1.24 bits per heavy atom. The van der Waals surface area contributed by atoms with Crippen molar-refractivity contribution in [1.29, 1.82) is 0 Å². The molecule has 0 amide bonds. The average Bonchev–Trinajstić information content (AvgIpc) is 3.11. The lowest BCUT2D eigenvalue weighted by Crippen LogP contribution is -2.24. The van der Waals surface area contributed by atoms with Gasteiger partial charge < -0.3 is 9.63 Å². The van der Waals surface area contributed by atoms with Crippen LogP contribution < -0.4 is 0 Å². The van der Waals surface area contributed by atoms with Crippen molar-refractivity contribution < 1.29 is 9.63 Å². The molecule has 5 nitrogen and oxygen atoms in total. The van der Waals surface area contributed by atoms with Crippen molar-refractivity contribution in [3.8, 4) is 0 Å². The number of hydrogen-bond donors (Lipinski definition) is 1. The average molecular weight is 285 g/mol. The molecule has 1 saturated heterocycles. The van der Waals surface area contributed by atoms with Gasteiger partial charge in [0.25, 0.3) is 0 Å². The lowest BCUT2D eigenvalue weighted by atomic mass is 10.1. The number of nitrogens with zero attached hydrogens (tertiary/aromatic N) is 3. The standard InChI is InChI=1S/C16H19N3O2/c20-13-8-14(16-17-15(18-21-16)12-6-7-12)19(10-13)9-11-4-2-1-3-5-11/h1-5,12-14,20H,6-10H2/t13-,14+/m1/s1. The van der Waals surface area contributed by atoms with E-state index >= 15 is 0 Å². The maximum Gasteiger partial charge on any atom is 0.244 e. The molecule has 1 aliphatic heterocycles. The molecule has 2 aromatic rings. The minimum atomic E-state index is -0.324. The fourth-order valence-electron chi connectivity index (χ4n) is 3.02. The molecule has 110 valence electrons. The Kier molecular flexibility index (Phi) is 3.24. The summed E-state index contributed by atoms with van der Waals surface area (Å²) in [5.41, 5.74) is 1.23. The number of aliphatic hydroxyl groups excluding tert-OH is 1. The highest BCUT2D eigenvalue weighted by Crippen LogP contribution is 2.40. The fraction of sp³-hybridized carbons (Fsp3) is 0.500. The van der Waals surface area contributed by atoms with Crippen LogP contribution in [0.5, 0.6) is 0 Å². The van der Waals surface area contributed by atoms with Crippen LogP contribution in [0.2, 0.25) is 0 Å². The molecular formula is C16H19N3O2. The Bertz CT molecular complexity index is 609. The summed E-state index contributed by atoms with van der Waals surface area (Å²) in [5.74, 6) is 1.99. The van der Waals surface area contributed by atoms with Crippen LogP contribution in [0.15, 0.2) is 34.9 Å². The monoisotopic (exact) mass is 285 g/mol. The van der Waals surface area contributed by atoms with Gasteiger partial charge in [-0.05, 0) is 24.8 Å². The van der Waals surface area contributed by atoms with Gasteiger partial charge in [0.05, 0.1) is 12.1 Å². The van der Waals surface area contributed by atoms with Crippen LogP contribution in [0.25, 0.3) is 0 Å². The summed E-state index contributed by atoms with van der Waals surface area (Å²) in [6, 6.07) is 10.3. The maximum absolute atomic E-state index is 10.0. The zero-order valence-electron chi connectivity index (χ0n) is 11.9. The summed E-state index contributed by atoms with van der Waals surface area (Å²) < 4.78 is 5.45. The third kappa shape index (κ3) is 2.71. The van der Waals surface area contributed by atoms with Crippen molar-refractivity contribution in [3.05, 3.63) is 47.6 Å². The first-order chi connectivity index (χ1) is 10.3. The van der Waals surface area contributed by atoms with Gasteiger partial charge in [-0.1, -0.05) is 35.5 Å². The highest BCUT2D eigenvalue weighted by atomic mass is 16.5. The molecule has 5 heteroatoms. The maximum atomic E-state index is 10.0. The summed E-state index contributed by atoms with van der Waals surface area (Å²) in [7, 11) is 0. The molecule has 1 saturated carbocycles. The van der Waals surface area contributed by atoms with E-state index in [2.05, 4.69) is 27.2 Å². The highest BCUT2D eigenvalue weighted by Gasteiger charge is 2.37. The molecule has 0 bridgehead atoms. The third-order valence-corrected chi connectivity index (χ3v) is 4.29. The summed E-state index contributed by atoms with van der Waals surface area (Å²) in [4.78, 5) is 6.78. The van der Waals surface area contributed by atoms with Crippen LogP contribution in [0.4, 0.5) is 0 Å². The van der Waals surface area contributed by atoms with Gasteiger partial charge in [-0.2, -0.15) is 4.98 Å². The first-order valence-electron chi connectivity index (χ1n) is 7.59. The molecule has 1 N–H and O–H groups in total. The van der Waals surface area contributed by atoms with E-state index in [1.807, 2.05) is 18.2 Å². The number of benzene rings is 1. The molecule has 2 fully saturated rings. The lowest BCUT2D eigenvalue weighted by Gasteiger charge is -2.21. The van der Waals surface area contributed by atoms with Gasteiger partial charge in [0.2, 0.25) is 5.89 Å². The lowest BCUT2D eigenvalue weighted by molar-refractivity contribution is 0.169. The summed E-state index contributed by atoms with van der Waals surface area (Å²) in [5, 5.41) is 14.1. The van der Waals surface area contributed by atoms with Gasteiger partial charge in [-0.15, -0.1) is 0 Å². The molecule has 1 aromatic carbocycles. The molecule has 2 atom stereocenters. The van der Waals surface area contributed by atoms with Gasteiger partial charge in [0.15, 0.2) is 5.82 Å². The van der Waals surface area contributed by atoms with Crippen LogP contribution in [-0.4, -0.2) is 32.8 Å². The van der Waals surface area contributed by atoms with Crippen LogP contribution in [0.3, 0.4) is 0 Å². The Morgan fingerprint density at radius 2 is 2.05 bits per heavy atom. The number of aromatic nitrogens is 2. The first kappa shape index (κ1) is 13.0. The molecule has 21 heavy (non-hydrogen) atoms. The molecule has 0 radical (unpaired) electrons. The second kappa shape index (κ2) is 5.24. The molecule has 4 rings (SSSR count). The minimum absolute atomic E-state index is 0.0280. The largest absolute Gasteiger partial charge is 0.392 e. The summed E-state index contributed by atoms with van der Waals surface area (Å²) in [6.45, 7) is 1.45. The van der Waals surface area contributed by atoms with E-state index in [0.29, 0.717) is 24.8 Å². The summed E-state index contributed by atoms with van der Waals surface area (Å²) >= 11 is 0. The number of likely N-dealkylation sites (tertiary alicyclic amines) is 1. The van der Waals surface area contributed by atoms with Gasteiger partial charge in [0, 0.05) is 19.0 Å². The second-order valence-corrected chi connectivity index (χ2v) is 6.09. The number of hydrogen-bond acceptors (Lipinski definition) is 5. The van der Waals surface area contributed by atoms with E-state index in [9.17, 15) is 5.11 Å². The molecule has 2 aliphatic rings. The van der Waals surface area contributed by atoms with Crippen LogP contribution in [0.1, 0.15) is 48.5 Å². The number of β-amino-alcohol motifs (C(OH)–C–C–N with tert-alkyl or cyclic N) is 1. The minimum Gasteiger partial charge on any atom is -0.392 e. The van der Waals surface area contributed by atoms with E-state index in [1.54, 1.807) is 0 Å². The Labute approximate surface area is 123 Å². The van der Waals surface area contributed by atoms with Gasteiger partial charge >= 0.3 is 0 Å². The Morgan fingerprint density at radius 3 is 2.81 bits per heavy atom. The van der Waals surface area contributed by atoms with E-state index < -0.39 is 0 Å². The zero-order valence-corrected chi connectivity index (χ0v) is 11.9. The zero-order chi connectivity index (χ0) is 14.2. The predicted molar refractivity (Wildman–Crippen MR) is 76.5 cm³/mol. The van der Waals surface area contributed by atoms with Crippen molar-refractivity contribution in [2.75, 3.05) is 6.54 Å². The predicted octanol–water partition coefficient (Wildman–Crippen LogP) is 2.25. The number of rotatable bonds is 4. The van der Waals surface area contributed by atoms with Crippen LogP contribution >= 0.6 is 0 Å². The van der Waals surface area contributed by atoms with Crippen molar-refractivity contribution in [2.45, 2.75) is 43.9 Å². The van der Waals surface area contributed by atoms with Gasteiger partial charge in [-0.25, -0.2) is 0 Å². The van der Waals surface area contributed by atoms with E-state index in [0.717, 1.165) is 12.4 Å². The van der Waals surface area contributed by atoms with Gasteiger partial charge in [-0.3, -0.25) is 4.90 Å². The van der Waals surface area contributed by atoms with E-state index in [-0.39, 0.29) is 12.1 Å². The topological polar surface area (TPSA) is 62.4 Å². The van der Waals surface area contributed by atoms with Crippen molar-refractivity contribution in [3.63, 3.8) is 0 Å². The highest BCUT2D eigenvalue weighted by molar-refractivity contribution is 5.15. The molecule has 1 aromatic heterocycles. The smallest absolute Gasteiger partial charge is 0.244 e. The normalized spacial score (nSPS) is 26.3. The Balaban J connectivity index is 1.53. The quantitative estimate of drug-likeness (QED) is 0.933. The van der Waals surface area contributed by atoms with E-state index in [4.69, 9.17) is 4.52 Å². The fourth-order valence-corrected chi connectivity index (χ4v) is 3.02. The Hall–Kier alpha value is -1.72. The molecule has 0 unspecified atom stereocenters. The van der Waals surface area contributed by atoms with Crippen LogP contribution in [-0.2, 0) is 6.54 Å². The van der Waals surface area contributed by atoms with Crippen molar-refractivity contribution >= 4 is 0 Å². The van der Waals surface area contributed by atoms with Crippen LogP contribution in [0, 0.1) is 0 Å². The molecule has 1 aliphatic carbocycles.